The van der Waals surface area contributed by atoms with Crippen LogP contribution in [0.3, 0.4) is 0 Å². The normalized spacial score (nSPS) is 16.9. The maximum absolute atomic E-state index is 13.2. The fraction of sp³-hybridized carbons (Fsp3) is 0.409. The number of nitrogens with two attached hydrogens (primary N) is 1. The van der Waals surface area contributed by atoms with Gasteiger partial charge in [0.25, 0.3) is 0 Å². The van der Waals surface area contributed by atoms with E-state index < -0.39 is 0 Å². The molecule has 7 heteroatoms. The molecule has 1 aromatic carbocycles. The van der Waals surface area contributed by atoms with Gasteiger partial charge < -0.3 is 10.6 Å². The standard InChI is InChI=1S/C22H26N6O/c1-4-17-12-19(27-11-7-9-16(23)14-27)20-21(25-17)26(3)22(29)28(20)13-15-8-5-6-10-18(15)24-2/h5-6,8,10,12,16H,4,7,9,11,13-14,23H2,1,3H3/t16-/m1/s1. The molecule has 1 fully saturated rings. The summed E-state index contributed by atoms with van der Waals surface area (Å²) in [4.78, 5) is 23.8. The maximum atomic E-state index is 13.2. The quantitative estimate of drug-likeness (QED) is 0.695. The summed E-state index contributed by atoms with van der Waals surface area (Å²) < 4.78 is 3.36. The lowest BCUT2D eigenvalue weighted by Gasteiger charge is -2.33. The number of benzene rings is 1. The fourth-order valence-electron chi connectivity index (χ4n) is 4.14. The zero-order valence-electron chi connectivity index (χ0n) is 16.9. The lowest BCUT2D eigenvalue weighted by Crippen LogP contribution is -2.43. The van der Waals surface area contributed by atoms with E-state index in [9.17, 15) is 4.79 Å². The summed E-state index contributed by atoms with van der Waals surface area (Å²) in [6.07, 6.45) is 2.85. The lowest BCUT2D eigenvalue weighted by molar-refractivity contribution is 0.506. The highest BCUT2D eigenvalue weighted by Crippen LogP contribution is 2.30. The van der Waals surface area contributed by atoms with Gasteiger partial charge in [-0.1, -0.05) is 31.2 Å². The molecule has 0 aliphatic carbocycles. The monoisotopic (exact) mass is 390 g/mol. The zero-order valence-corrected chi connectivity index (χ0v) is 16.9. The first-order valence-corrected chi connectivity index (χ1v) is 10.1. The maximum Gasteiger partial charge on any atom is 0.330 e. The van der Waals surface area contributed by atoms with Crippen molar-refractivity contribution in [2.75, 3.05) is 18.0 Å². The van der Waals surface area contributed by atoms with E-state index >= 15 is 0 Å². The third-order valence-corrected chi connectivity index (χ3v) is 5.71. The van der Waals surface area contributed by atoms with Crippen LogP contribution in [0.5, 0.6) is 0 Å². The molecule has 0 radical (unpaired) electrons. The van der Waals surface area contributed by atoms with Crippen LogP contribution in [-0.4, -0.2) is 33.2 Å². The van der Waals surface area contributed by atoms with Gasteiger partial charge in [0, 0.05) is 38.4 Å². The lowest BCUT2D eigenvalue weighted by atomic mass is 10.1. The highest BCUT2D eigenvalue weighted by molar-refractivity contribution is 5.87. The SMILES string of the molecule is [C-]#[N+]c1ccccc1Cn1c(=O)n(C)c2nc(CC)cc(N3CCC[C@@H](N)C3)c21. The third kappa shape index (κ3) is 3.40. The number of nitrogens with zero attached hydrogens (tertiary/aromatic N) is 5. The minimum Gasteiger partial charge on any atom is -0.368 e. The minimum atomic E-state index is -0.122. The number of pyridine rings is 1. The molecule has 0 spiro atoms. The van der Waals surface area contributed by atoms with E-state index in [1.54, 1.807) is 22.2 Å². The van der Waals surface area contributed by atoms with E-state index in [4.69, 9.17) is 17.3 Å². The predicted molar refractivity (Wildman–Crippen MR) is 116 cm³/mol. The second-order valence-electron chi connectivity index (χ2n) is 7.68. The smallest absolute Gasteiger partial charge is 0.330 e. The molecule has 0 bridgehead atoms. The topological polar surface area (TPSA) is 73.4 Å². The van der Waals surface area contributed by atoms with Crippen LogP contribution in [0.15, 0.2) is 35.1 Å². The summed E-state index contributed by atoms with van der Waals surface area (Å²) in [6, 6.07) is 9.66. The van der Waals surface area contributed by atoms with Crippen LogP contribution in [0.25, 0.3) is 16.0 Å². The Kier molecular flexibility index (Phi) is 5.12. The molecule has 1 aliphatic heterocycles. The Morgan fingerprint density at radius 3 is 2.86 bits per heavy atom. The first kappa shape index (κ1) is 19.2. The number of aryl methyl sites for hydroxylation is 2. The predicted octanol–water partition coefficient (Wildman–Crippen LogP) is 2.82. The average Bonchev–Trinajstić information content (AvgIpc) is 2.98. The summed E-state index contributed by atoms with van der Waals surface area (Å²) in [5.41, 5.74) is 11.0. The second-order valence-corrected chi connectivity index (χ2v) is 7.68. The van der Waals surface area contributed by atoms with Gasteiger partial charge in [0.1, 0.15) is 5.52 Å². The van der Waals surface area contributed by atoms with Crippen LogP contribution in [0.1, 0.15) is 31.0 Å². The molecule has 1 saturated heterocycles. The number of piperidine rings is 1. The third-order valence-electron chi connectivity index (χ3n) is 5.71. The number of anilines is 1. The highest BCUT2D eigenvalue weighted by atomic mass is 16.1. The average molecular weight is 390 g/mol. The molecule has 2 aromatic heterocycles. The van der Waals surface area contributed by atoms with Crippen LogP contribution in [0.4, 0.5) is 11.4 Å². The van der Waals surface area contributed by atoms with Gasteiger partial charge in [0.05, 0.1) is 12.3 Å². The van der Waals surface area contributed by atoms with Crippen LogP contribution in [-0.2, 0) is 20.0 Å². The van der Waals surface area contributed by atoms with Gasteiger partial charge in [-0.25, -0.2) is 14.6 Å². The summed E-state index contributed by atoms with van der Waals surface area (Å²) in [7, 11) is 1.76. The van der Waals surface area contributed by atoms with Gasteiger partial charge in [-0.05, 0) is 30.9 Å². The molecule has 7 nitrogen and oxygen atoms in total. The minimum absolute atomic E-state index is 0.122. The van der Waals surface area contributed by atoms with E-state index in [2.05, 4.69) is 22.7 Å². The molecule has 150 valence electrons. The number of aromatic nitrogens is 3. The molecule has 29 heavy (non-hydrogen) atoms. The van der Waals surface area contributed by atoms with Gasteiger partial charge in [0.2, 0.25) is 0 Å². The number of hydrogen-bond acceptors (Lipinski definition) is 4. The van der Waals surface area contributed by atoms with Gasteiger partial charge in [0.15, 0.2) is 11.3 Å². The Morgan fingerprint density at radius 2 is 2.14 bits per heavy atom. The van der Waals surface area contributed by atoms with Gasteiger partial charge in [-0.15, -0.1) is 0 Å². The molecule has 2 N–H and O–H groups in total. The Bertz CT molecular complexity index is 1150. The molecule has 4 rings (SSSR count). The number of fused-ring (bicyclic) bond motifs is 1. The van der Waals surface area contributed by atoms with Crippen molar-refractivity contribution in [1.82, 2.24) is 14.1 Å². The molecule has 3 aromatic rings. The van der Waals surface area contributed by atoms with Crippen LogP contribution >= 0.6 is 0 Å². The molecule has 0 unspecified atom stereocenters. The van der Waals surface area contributed by atoms with Crippen molar-refractivity contribution in [1.29, 1.82) is 0 Å². The first-order chi connectivity index (χ1) is 14.0. The Balaban J connectivity index is 1.94. The first-order valence-electron chi connectivity index (χ1n) is 10.1. The van der Waals surface area contributed by atoms with Gasteiger partial charge in [-0.3, -0.25) is 9.13 Å². The summed E-state index contributed by atoms with van der Waals surface area (Å²) in [5.74, 6) is 0. The van der Waals surface area contributed by atoms with Gasteiger partial charge in [-0.2, -0.15) is 0 Å². The van der Waals surface area contributed by atoms with Crippen molar-refractivity contribution in [3.05, 3.63) is 63.5 Å². The molecule has 0 saturated carbocycles. The number of para-hydroxylation sites is 1. The largest absolute Gasteiger partial charge is 0.368 e. The zero-order chi connectivity index (χ0) is 20.5. The number of hydrogen-bond donors (Lipinski definition) is 1. The van der Waals surface area contributed by atoms with E-state index in [-0.39, 0.29) is 11.7 Å². The summed E-state index contributed by atoms with van der Waals surface area (Å²) >= 11 is 0. The van der Waals surface area contributed by atoms with Crippen molar-refractivity contribution in [2.45, 2.75) is 38.8 Å². The van der Waals surface area contributed by atoms with Crippen molar-refractivity contribution in [2.24, 2.45) is 12.8 Å². The van der Waals surface area contributed by atoms with E-state index in [0.29, 0.717) is 17.9 Å². The molecule has 1 atom stereocenters. The van der Waals surface area contributed by atoms with E-state index in [1.165, 1.54) is 0 Å². The Labute approximate surface area is 170 Å². The van der Waals surface area contributed by atoms with Crippen LogP contribution < -0.4 is 16.3 Å². The fourth-order valence-corrected chi connectivity index (χ4v) is 4.14. The Hall–Kier alpha value is -3.11. The van der Waals surface area contributed by atoms with Crippen LogP contribution in [0.2, 0.25) is 0 Å². The number of imidazole rings is 1. The van der Waals surface area contributed by atoms with Crippen molar-refractivity contribution < 1.29 is 0 Å². The molecule has 3 heterocycles. The molecular formula is C22H26N6O. The second kappa shape index (κ2) is 7.72. The summed E-state index contributed by atoms with van der Waals surface area (Å²) in [5, 5.41) is 0. The molecule has 0 amide bonds. The number of rotatable bonds is 4. The van der Waals surface area contributed by atoms with E-state index in [1.807, 2.05) is 18.2 Å². The summed E-state index contributed by atoms with van der Waals surface area (Å²) in [6.45, 7) is 11.5. The van der Waals surface area contributed by atoms with E-state index in [0.717, 1.165) is 54.8 Å². The van der Waals surface area contributed by atoms with Crippen molar-refractivity contribution >= 4 is 22.5 Å². The van der Waals surface area contributed by atoms with Crippen molar-refractivity contribution in [3.63, 3.8) is 0 Å². The molecular weight excluding hydrogens is 364 g/mol. The van der Waals surface area contributed by atoms with Crippen molar-refractivity contribution in [3.8, 4) is 0 Å². The van der Waals surface area contributed by atoms with Gasteiger partial charge >= 0.3 is 5.69 Å². The Morgan fingerprint density at radius 1 is 1.34 bits per heavy atom. The van der Waals surface area contributed by atoms with Crippen LogP contribution in [0, 0.1) is 6.57 Å². The molecule has 1 aliphatic rings. The highest BCUT2D eigenvalue weighted by Gasteiger charge is 2.24.